The van der Waals surface area contributed by atoms with Crippen molar-refractivity contribution in [1.82, 2.24) is 5.06 Å². The summed E-state index contributed by atoms with van der Waals surface area (Å²) in [5.41, 5.74) is 0.264. The van der Waals surface area contributed by atoms with E-state index >= 15 is 0 Å². The Balaban J connectivity index is 1.94. The molecule has 1 amide bonds. The van der Waals surface area contributed by atoms with Crippen LogP contribution in [0.2, 0.25) is 0 Å². The van der Waals surface area contributed by atoms with Gasteiger partial charge in [-0.15, -0.1) is 5.06 Å². The lowest BCUT2D eigenvalue weighted by molar-refractivity contribution is -0.260. The quantitative estimate of drug-likeness (QED) is 0.269. The van der Waals surface area contributed by atoms with E-state index in [0.717, 1.165) is 5.06 Å². The maximum atomic E-state index is 12.6. The summed E-state index contributed by atoms with van der Waals surface area (Å²) in [5, 5.41) is 2.29. The van der Waals surface area contributed by atoms with E-state index in [9.17, 15) is 19.2 Å². The molecule has 0 saturated carbocycles. The number of ether oxygens (including phenoxy) is 2. The molecule has 1 fully saturated rings. The molecule has 174 valence electrons. The molecule has 10 nitrogen and oxygen atoms in total. The smallest absolute Gasteiger partial charge is 0.442 e. The summed E-state index contributed by atoms with van der Waals surface area (Å²) >= 11 is 0. The summed E-state index contributed by atoms with van der Waals surface area (Å²) in [6, 6.07) is 4.92. The highest BCUT2D eigenvalue weighted by molar-refractivity contribution is 6.31. The van der Waals surface area contributed by atoms with Crippen molar-refractivity contribution in [2.24, 2.45) is 0 Å². The van der Waals surface area contributed by atoms with Crippen LogP contribution in [0.3, 0.4) is 0 Å². The van der Waals surface area contributed by atoms with Crippen LogP contribution in [0.1, 0.15) is 59.4 Å². The minimum absolute atomic E-state index is 0.0186. The van der Waals surface area contributed by atoms with Crippen molar-refractivity contribution in [3.8, 4) is 5.75 Å². The lowest BCUT2D eigenvalue weighted by Gasteiger charge is -2.39. The monoisotopic (exact) mass is 448 g/mol. The molecule has 0 N–H and O–H groups in total. The first-order valence-electron chi connectivity index (χ1n) is 10.6. The van der Waals surface area contributed by atoms with Crippen LogP contribution >= 0.6 is 0 Å². The largest absolute Gasteiger partial charge is 0.472 e. The van der Waals surface area contributed by atoms with E-state index in [1.165, 1.54) is 5.06 Å². The van der Waals surface area contributed by atoms with Gasteiger partial charge in [0.2, 0.25) is 0 Å². The highest BCUT2D eigenvalue weighted by atomic mass is 16.8. The van der Waals surface area contributed by atoms with Gasteiger partial charge >= 0.3 is 23.8 Å². The molecule has 2 aliphatic heterocycles. The first-order valence-corrected chi connectivity index (χ1v) is 10.6. The first-order chi connectivity index (χ1) is 15.1. The number of carbonyl (C=O) groups is 4. The van der Waals surface area contributed by atoms with Gasteiger partial charge in [0.15, 0.2) is 12.3 Å². The molecule has 1 saturated heterocycles. The third-order valence-corrected chi connectivity index (χ3v) is 4.97. The second kappa shape index (κ2) is 9.15. The normalized spacial score (nSPS) is 19.0. The first kappa shape index (κ1) is 23.5. The second-order valence-electron chi connectivity index (χ2n) is 8.55. The number of nitrogens with zero attached hydrogens (tertiary/aromatic N) is 2. The van der Waals surface area contributed by atoms with Crippen LogP contribution in [0.25, 0.3) is 0 Å². The Morgan fingerprint density at radius 3 is 2.56 bits per heavy atom. The summed E-state index contributed by atoms with van der Waals surface area (Å²) in [5.74, 6) is -3.11. The van der Waals surface area contributed by atoms with Gasteiger partial charge in [0.05, 0.1) is 11.2 Å². The number of benzene rings is 1. The van der Waals surface area contributed by atoms with E-state index in [1.54, 1.807) is 18.2 Å². The molecule has 32 heavy (non-hydrogen) atoms. The zero-order valence-corrected chi connectivity index (χ0v) is 18.9. The lowest BCUT2D eigenvalue weighted by Crippen LogP contribution is -2.51. The number of amides is 1. The van der Waals surface area contributed by atoms with E-state index in [4.69, 9.17) is 19.1 Å². The van der Waals surface area contributed by atoms with Crippen LogP contribution in [0.4, 0.5) is 5.69 Å². The van der Waals surface area contributed by atoms with Crippen LogP contribution in [0, 0.1) is 0 Å². The molecular formula is C22H28N2O8. The van der Waals surface area contributed by atoms with Gasteiger partial charge in [-0.3, -0.25) is 9.59 Å². The Morgan fingerprint density at radius 1 is 1.22 bits per heavy atom. The standard InChI is InChI=1S/C22H28N2O8/c1-6-9-18(25)31-24(22(3,4)5)17(7-2)29-15-11-8-10-14-13(15)12-16-19(26)23(14)32-21(28)20(27)30-16/h8,10-11,16-17H,6-7,9,12H2,1-5H3. The number of rotatable bonds is 7. The van der Waals surface area contributed by atoms with Crippen molar-refractivity contribution in [2.75, 3.05) is 5.06 Å². The Labute approximate surface area is 186 Å². The lowest BCUT2D eigenvalue weighted by atomic mass is 9.99. The highest BCUT2D eigenvalue weighted by Crippen LogP contribution is 2.38. The minimum atomic E-state index is -1.27. The second-order valence-corrected chi connectivity index (χ2v) is 8.55. The van der Waals surface area contributed by atoms with Crippen LogP contribution in [-0.4, -0.2) is 46.7 Å². The SMILES string of the molecule is CCCC(=O)ON(C(CC)Oc1cccc2c1CC1OC(=O)C(=O)ON2C1=O)C(C)(C)C. The summed E-state index contributed by atoms with van der Waals surface area (Å²) in [4.78, 5) is 58.9. The third-order valence-electron chi connectivity index (χ3n) is 4.97. The maximum Gasteiger partial charge on any atom is 0.442 e. The molecule has 2 bridgehead atoms. The van der Waals surface area contributed by atoms with E-state index in [-0.39, 0.29) is 24.5 Å². The predicted octanol–water partition coefficient (Wildman–Crippen LogP) is 2.43. The number of hydrogen-bond donors (Lipinski definition) is 0. The van der Waals surface area contributed by atoms with Gasteiger partial charge in [-0.05, 0) is 45.7 Å². The number of anilines is 1. The molecule has 2 aliphatic rings. The van der Waals surface area contributed by atoms with Crippen molar-refractivity contribution in [2.45, 2.75) is 78.2 Å². The fourth-order valence-electron chi connectivity index (χ4n) is 3.50. The zero-order valence-electron chi connectivity index (χ0n) is 18.9. The molecule has 2 heterocycles. The number of hydrogen-bond acceptors (Lipinski definition) is 9. The summed E-state index contributed by atoms with van der Waals surface area (Å²) < 4.78 is 11.2. The van der Waals surface area contributed by atoms with Crippen molar-refractivity contribution in [3.05, 3.63) is 23.8 Å². The van der Waals surface area contributed by atoms with Crippen molar-refractivity contribution >= 4 is 29.5 Å². The molecule has 1 aromatic rings. The van der Waals surface area contributed by atoms with E-state index in [2.05, 4.69) is 0 Å². The number of carbonyl (C=O) groups excluding carboxylic acids is 4. The van der Waals surface area contributed by atoms with Crippen LogP contribution in [0.5, 0.6) is 5.75 Å². The minimum Gasteiger partial charge on any atom is -0.472 e. The Hall–Kier alpha value is -3.14. The van der Waals surface area contributed by atoms with Crippen molar-refractivity contribution in [1.29, 1.82) is 0 Å². The number of hydroxylamine groups is 3. The van der Waals surface area contributed by atoms with Crippen LogP contribution in [0.15, 0.2) is 18.2 Å². The fraction of sp³-hybridized carbons (Fsp3) is 0.545. The van der Waals surface area contributed by atoms with Gasteiger partial charge in [0.25, 0.3) is 0 Å². The van der Waals surface area contributed by atoms with E-state index in [1.807, 2.05) is 34.6 Å². The highest BCUT2D eigenvalue weighted by Gasteiger charge is 2.45. The van der Waals surface area contributed by atoms with Gasteiger partial charge in [-0.2, -0.15) is 0 Å². The number of fused-ring (bicyclic) bond motifs is 4. The van der Waals surface area contributed by atoms with Gasteiger partial charge in [0, 0.05) is 18.4 Å². The van der Waals surface area contributed by atoms with E-state index < -0.39 is 35.7 Å². The topological polar surface area (TPSA) is 112 Å². The number of esters is 1. The average Bonchev–Trinajstić information content (AvgIpc) is 2.78. The average molecular weight is 448 g/mol. The Bertz CT molecular complexity index is 923. The summed E-state index contributed by atoms with van der Waals surface area (Å²) in [6.45, 7) is 9.48. The van der Waals surface area contributed by atoms with Gasteiger partial charge in [0.1, 0.15) is 5.75 Å². The third kappa shape index (κ3) is 4.69. The van der Waals surface area contributed by atoms with E-state index in [0.29, 0.717) is 24.2 Å². The Kier molecular flexibility index (Phi) is 6.73. The van der Waals surface area contributed by atoms with Gasteiger partial charge in [-0.1, -0.05) is 25.0 Å². The molecule has 10 heteroatoms. The fourth-order valence-corrected chi connectivity index (χ4v) is 3.50. The molecule has 0 radical (unpaired) electrons. The maximum absolute atomic E-state index is 12.6. The van der Waals surface area contributed by atoms with Crippen LogP contribution < -0.4 is 9.80 Å². The van der Waals surface area contributed by atoms with Crippen LogP contribution in [-0.2, 0) is 40.0 Å². The molecule has 2 atom stereocenters. The zero-order chi connectivity index (χ0) is 23.6. The molecule has 1 aromatic carbocycles. The molecule has 3 rings (SSSR count). The molecule has 0 aliphatic carbocycles. The summed E-state index contributed by atoms with van der Waals surface area (Å²) in [7, 11) is 0. The summed E-state index contributed by atoms with van der Waals surface area (Å²) in [6.07, 6.45) is -0.404. The van der Waals surface area contributed by atoms with Crippen molar-refractivity contribution < 1.29 is 38.3 Å². The van der Waals surface area contributed by atoms with Gasteiger partial charge < -0.3 is 19.1 Å². The molecule has 2 unspecified atom stereocenters. The molecule has 0 spiro atoms. The predicted molar refractivity (Wildman–Crippen MR) is 111 cm³/mol. The van der Waals surface area contributed by atoms with Crippen molar-refractivity contribution in [3.63, 3.8) is 0 Å². The van der Waals surface area contributed by atoms with Gasteiger partial charge in [-0.25, -0.2) is 9.59 Å². The molecular weight excluding hydrogens is 420 g/mol. The Morgan fingerprint density at radius 2 is 1.94 bits per heavy atom. The molecule has 0 aromatic heterocycles.